The third kappa shape index (κ3) is 3.97. The van der Waals surface area contributed by atoms with Crippen molar-refractivity contribution in [3.05, 3.63) is 117 Å². The topological polar surface area (TPSA) is 115 Å². The van der Waals surface area contributed by atoms with Gasteiger partial charge in [-0.25, -0.2) is 14.7 Å². The van der Waals surface area contributed by atoms with Gasteiger partial charge in [0.1, 0.15) is 5.84 Å². The van der Waals surface area contributed by atoms with Crippen LogP contribution >= 0.6 is 0 Å². The second kappa shape index (κ2) is 8.55. The summed E-state index contributed by atoms with van der Waals surface area (Å²) < 4.78 is 1.74. The molecule has 0 saturated carbocycles. The summed E-state index contributed by atoms with van der Waals surface area (Å²) >= 11 is 0. The number of nitro benzene ring substituents is 1. The van der Waals surface area contributed by atoms with Crippen LogP contribution in [0.25, 0.3) is 5.69 Å². The number of carbonyl (C=O) groups excluding carboxylic acids is 1. The molecule has 1 aliphatic rings. The molecule has 0 unspecified atom stereocenters. The molecule has 4 aromatic rings. The normalized spacial score (nSPS) is 13.4. The highest BCUT2D eigenvalue weighted by atomic mass is 16.6. The van der Waals surface area contributed by atoms with E-state index in [1.165, 1.54) is 24.3 Å². The highest BCUT2D eigenvalue weighted by Crippen LogP contribution is 2.25. The first-order valence-corrected chi connectivity index (χ1v) is 10.4. The van der Waals surface area contributed by atoms with Crippen LogP contribution in [-0.2, 0) is 0 Å². The molecule has 0 fully saturated rings. The standard InChI is InChI=1S/C25H18N6O3/c1-16-14-22(30(29-16)18-9-3-2-4-10-18)26-23-20-12-5-6-13-21(20)24(27-23)28-25(32)17-8-7-11-19(15-17)31(33)34/h2-15H,1H3,(H,26,27,28,32). The average molecular weight is 450 g/mol. The Kier molecular flexibility index (Phi) is 5.27. The Labute approximate surface area is 194 Å². The molecule has 0 saturated heterocycles. The second-order valence-electron chi connectivity index (χ2n) is 7.59. The Morgan fingerprint density at radius 2 is 1.71 bits per heavy atom. The van der Waals surface area contributed by atoms with Crippen molar-refractivity contribution in [3.63, 3.8) is 0 Å². The number of non-ortho nitro benzene ring substituents is 1. The van der Waals surface area contributed by atoms with Crippen molar-refractivity contribution in [2.75, 3.05) is 0 Å². The van der Waals surface area contributed by atoms with E-state index in [1.54, 1.807) is 4.68 Å². The quantitative estimate of drug-likeness (QED) is 0.367. The highest BCUT2D eigenvalue weighted by molar-refractivity contribution is 6.26. The lowest BCUT2D eigenvalue weighted by Crippen LogP contribution is -2.30. The number of nitrogens with one attached hydrogen (secondary N) is 1. The predicted molar refractivity (Wildman–Crippen MR) is 128 cm³/mol. The third-order valence-electron chi connectivity index (χ3n) is 5.23. The number of aliphatic imine (C=N–C) groups is 2. The molecular formula is C25H18N6O3. The number of amides is 1. The molecule has 0 atom stereocenters. The van der Waals surface area contributed by atoms with Crippen LogP contribution in [0, 0.1) is 17.0 Å². The molecule has 34 heavy (non-hydrogen) atoms. The van der Waals surface area contributed by atoms with Crippen molar-refractivity contribution >= 4 is 29.1 Å². The summed E-state index contributed by atoms with van der Waals surface area (Å²) in [5.74, 6) is 0.863. The summed E-state index contributed by atoms with van der Waals surface area (Å²) in [5.41, 5.74) is 3.14. The van der Waals surface area contributed by atoms with Crippen LogP contribution in [0.1, 0.15) is 27.2 Å². The van der Waals surface area contributed by atoms with E-state index in [9.17, 15) is 14.9 Å². The number of amidine groups is 2. The van der Waals surface area contributed by atoms with Gasteiger partial charge in [0.25, 0.3) is 11.6 Å². The van der Waals surface area contributed by atoms with Crippen LogP contribution in [0.3, 0.4) is 0 Å². The van der Waals surface area contributed by atoms with Crippen molar-refractivity contribution < 1.29 is 9.72 Å². The Morgan fingerprint density at radius 3 is 2.47 bits per heavy atom. The van der Waals surface area contributed by atoms with Crippen LogP contribution in [0.15, 0.2) is 94.9 Å². The van der Waals surface area contributed by atoms with Crippen molar-refractivity contribution in [3.8, 4) is 5.69 Å². The van der Waals surface area contributed by atoms with E-state index in [-0.39, 0.29) is 11.3 Å². The zero-order valence-corrected chi connectivity index (χ0v) is 18.0. The maximum Gasteiger partial charge on any atom is 0.270 e. The van der Waals surface area contributed by atoms with E-state index < -0.39 is 10.8 Å². The third-order valence-corrected chi connectivity index (χ3v) is 5.23. The summed E-state index contributed by atoms with van der Waals surface area (Å²) in [6, 6.07) is 24.5. The number of hydrogen-bond acceptors (Lipinski definition) is 5. The molecular weight excluding hydrogens is 432 g/mol. The molecule has 2 heterocycles. The van der Waals surface area contributed by atoms with Crippen LogP contribution in [0.4, 0.5) is 11.5 Å². The molecule has 9 heteroatoms. The number of para-hydroxylation sites is 1. The Morgan fingerprint density at radius 1 is 0.971 bits per heavy atom. The lowest BCUT2D eigenvalue weighted by atomic mass is 10.1. The van der Waals surface area contributed by atoms with E-state index in [2.05, 4.69) is 15.4 Å². The predicted octanol–water partition coefficient (Wildman–Crippen LogP) is 4.36. The van der Waals surface area contributed by atoms with Gasteiger partial charge in [0.2, 0.25) is 0 Å². The zero-order chi connectivity index (χ0) is 23.7. The van der Waals surface area contributed by atoms with Crippen molar-refractivity contribution in [2.45, 2.75) is 6.92 Å². The number of carbonyl (C=O) groups is 1. The first-order valence-electron chi connectivity index (χ1n) is 10.4. The molecule has 1 aromatic heterocycles. The lowest BCUT2D eigenvalue weighted by molar-refractivity contribution is -0.384. The molecule has 0 spiro atoms. The molecule has 1 amide bonds. The molecule has 0 radical (unpaired) electrons. The van der Waals surface area contributed by atoms with E-state index in [0.29, 0.717) is 23.1 Å². The Hall–Kier alpha value is -4.92. The van der Waals surface area contributed by atoms with Gasteiger partial charge >= 0.3 is 0 Å². The van der Waals surface area contributed by atoms with Gasteiger partial charge in [-0.2, -0.15) is 5.10 Å². The van der Waals surface area contributed by atoms with Gasteiger partial charge in [0, 0.05) is 34.9 Å². The maximum absolute atomic E-state index is 12.8. The van der Waals surface area contributed by atoms with E-state index in [0.717, 1.165) is 16.9 Å². The van der Waals surface area contributed by atoms with Gasteiger partial charge in [-0.3, -0.25) is 14.9 Å². The molecule has 1 aliphatic heterocycles. The summed E-state index contributed by atoms with van der Waals surface area (Å²) in [7, 11) is 0. The van der Waals surface area contributed by atoms with E-state index >= 15 is 0 Å². The number of aromatic nitrogens is 2. The smallest absolute Gasteiger partial charge is 0.270 e. The van der Waals surface area contributed by atoms with Crippen molar-refractivity contribution in [1.82, 2.24) is 15.1 Å². The highest BCUT2D eigenvalue weighted by Gasteiger charge is 2.24. The van der Waals surface area contributed by atoms with Crippen LogP contribution in [0.2, 0.25) is 0 Å². The van der Waals surface area contributed by atoms with Crippen LogP contribution in [-0.4, -0.2) is 32.3 Å². The minimum atomic E-state index is -0.540. The monoisotopic (exact) mass is 450 g/mol. The Bertz CT molecular complexity index is 1490. The number of nitrogens with zero attached hydrogens (tertiary/aromatic N) is 5. The van der Waals surface area contributed by atoms with Gasteiger partial charge < -0.3 is 5.32 Å². The summed E-state index contributed by atoms with van der Waals surface area (Å²) in [5, 5.41) is 18.4. The van der Waals surface area contributed by atoms with Gasteiger partial charge in [-0.15, -0.1) is 0 Å². The van der Waals surface area contributed by atoms with Gasteiger partial charge in [0.15, 0.2) is 11.7 Å². The largest absolute Gasteiger partial charge is 0.306 e. The molecule has 3 aromatic carbocycles. The fraction of sp³-hybridized carbons (Fsp3) is 0.0400. The molecule has 1 N–H and O–H groups in total. The zero-order valence-electron chi connectivity index (χ0n) is 18.0. The minimum absolute atomic E-state index is 0.159. The van der Waals surface area contributed by atoms with E-state index in [1.807, 2.05) is 67.6 Å². The number of nitro groups is 1. The van der Waals surface area contributed by atoms with Gasteiger partial charge in [0.05, 0.1) is 16.3 Å². The summed E-state index contributed by atoms with van der Waals surface area (Å²) in [6.45, 7) is 1.89. The van der Waals surface area contributed by atoms with Crippen LogP contribution < -0.4 is 5.32 Å². The number of fused-ring (bicyclic) bond motifs is 1. The van der Waals surface area contributed by atoms with Crippen molar-refractivity contribution in [1.29, 1.82) is 0 Å². The van der Waals surface area contributed by atoms with Gasteiger partial charge in [-0.1, -0.05) is 48.5 Å². The number of rotatable bonds is 4. The molecule has 9 nitrogen and oxygen atoms in total. The summed E-state index contributed by atoms with van der Waals surface area (Å²) in [4.78, 5) is 32.7. The minimum Gasteiger partial charge on any atom is -0.306 e. The first-order chi connectivity index (χ1) is 16.5. The maximum atomic E-state index is 12.8. The van der Waals surface area contributed by atoms with Crippen LogP contribution in [0.5, 0.6) is 0 Å². The Balaban J connectivity index is 1.52. The van der Waals surface area contributed by atoms with Crippen molar-refractivity contribution in [2.24, 2.45) is 9.98 Å². The fourth-order valence-electron chi connectivity index (χ4n) is 3.67. The van der Waals surface area contributed by atoms with Gasteiger partial charge in [-0.05, 0) is 25.1 Å². The molecule has 166 valence electrons. The lowest BCUT2D eigenvalue weighted by Gasteiger charge is -2.06. The molecule has 0 aliphatic carbocycles. The fourth-order valence-corrected chi connectivity index (χ4v) is 3.67. The average Bonchev–Trinajstić information content (AvgIpc) is 3.40. The SMILES string of the molecule is Cc1cc(N=C2N=C(NC(=O)c3cccc([N+](=O)[O-])c3)c3ccccc32)n(-c2ccccc2)n1. The number of aryl methyl sites for hydroxylation is 1. The molecule has 0 bridgehead atoms. The summed E-state index contributed by atoms with van der Waals surface area (Å²) in [6.07, 6.45) is 0. The first kappa shape index (κ1) is 21.0. The van der Waals surface area contributed by atoms with E-state index in [4.69, 9.17) is 4.99 Å². The molecule has 5 rings (SSSR count). The number of hydrogen-bond donors (Lipinski definition) is 1. The number of benzene rings is 3. The second-order valence-corrected chi connectivity index (χ2v) is 7.59.